The number of nitrogens with zero attached hydrogens (tertiary/aromatic N) is 2. The van der Waals surface area contributed by atoms with Crippen LogP contribution in [0.15, 0.2) is 109 Å². The predicted molar refractivity (Wildman–Crippen MR) is 149 cm³/mol. The van der Waals surface area contributed by atoms with Gasteiger partial charge < -0.3 is 0 Å². The Labute approximate surface area is 206 Å². The normalized spacial score (nSPS) is 12.9. The summed E-state index contributed by atoms with van der Waals surface area (Å²) in [6, 6.07) is 38.2. The van der Waals surface area contributed by atoms with Gasteiger partial charge in [0.05, 0.1) is 20.1 Å². The molecular weight excluding hydrogens is 444 g/mol. The lowest BCUT2D eigenvalue weighted by Gasteiger charge is -1.99. The van der Waals surface area contributed by atoms with Crippen molar-refractivity contribution in [1.29, 1.82) is 0 Å². The quantitative estimate of drug-likeness (QED) is 0.281. The molecule has 7 rings (SSSR count). The number of thiophene rings is 1. The van der Waals surface area contributed by atoms with Crippen molar-refractivity contribution in [1.82, 2.24) is 9.97 Å². The first-order chi connectivity index (χ1) is 17.3. The molecule has 5 aromatic carbocycles. The van der Waals surface area contributed by atoms with E-state index in [2.05, 4.69) is 97.1 Å². The highest BCUT2D eigenvalue weighted by Gasteiger charge is 2.08. The Kier molecular flexibility index (Phi) is 4.68. The predicted octanol–water partition coefficient (Wildman–Crippen LogP) is 6.81. The Morgan fingerprint density at radius 1 is 0.457 bits per heavy atom. The maximum atomic E-state index is 5.05. The number of fused-ring (bicyclic) bond motifs is 4. The molecule has 0 saturated carbocycles. The Bertz CT molecular complexity index is 1870. The Hall–Kier alpha value is -4.34. The van der Waals surface area contributed by atoms with E-state index in [1.165, 1.54) is 32.7 Å². The molecule has 2 heterocycles. The van der Waals surface area contributed by atoms with Crippen molar-refractivity contribution in [2.24, 2.45) is 0 Å². The van der Waals surface area contributed by atoms with Crippen LogP contribution in [0.1, 0.15) is 11.1 Å². The van der Waals surface area contributed by atoms with Crippen LogP contribution in [0.4, 0.5) is 0 Å². The van der Waals surface area contributed by atoms with Crippen LogP contribution in [-0.2, 0) is 0 Å². The fourth-order valence-electron chi connectivity index (χ4n) is 4.65. The zero-order valence-electron chi connectivity index (χ0n) is 18.8. The summed E-state index contributed by atoms with van der Waals surface area (Å²) in [7, 11) is 0. The molecule has 2 nitrogen and oxygen atoms in total. The van der Waals surface area contributed by atoms with Gasteiger partial charge in [0.1, 0.15) is 11.0 Å². The maximum absolute atomic E-state index is 5.05. The van der Waals surface area contributed by atoms with Crippen LogP contribution in [0, 0.1) is 0 Å². The minimum absolute atomic E-state index is 0.920. The Balaban J connectivity index is 1.49. The molecule has 7 aromatic rings. The molecule has 0 unspecified atom stereocenters. The van der Waals surface area contributed by atoms with E-state index in [1.54, 1.807) is 11.3 Å². The molecule has 164 valence electrons. The standard InChI is InChI=1S/C32H20N2S/c1-3-9-25-17-21(13-15-23(25)7-1)19-29-31-32(34-28-12-6-5-11-27(28)33-31)30(35-29)20-22-14-16-24-8-2-4-10-26(24)18-22/h1-20H/b29-19-,30-20-. The van der Waals surface area contributed by atoms with E-state index in [0.717, 1.165) is 31.1 Å². The molecule has 35 heavy (non-hydrogen) atoms. The number of hydrogen-bond acceptors (Lipinski definition) is 3. The average molecular weight is 465 g/mol. The second-order valence-corrected chi connectivity index (χ2v) is 9.83. The third-order valence-corrected chi connectivity index (χ3v) is 7.46. The van der Waals surface area contributed by atoms with Gasteiger partial charge in [0, 0.05) is 0 Å². The van der Waals surface area contributed by atoms with Crippen LogP contribution in [0.25, 0.3) is 55.8 Å². The van der Waals surface area contributed by atoms with E-state index in [9.17, 15) is 0 Å². The van der Waals surface area contributed by atoms with E-state index in [0.29, 0.717) is 0 Å². The van der Waals surface area contributed by atoms with Crippen molar-refractivity contribution in [2.75, 3.05) is 0 Å². The summed E-state index contributed by atoms with van der Waals surface area (Å²) in [4.78, 5) is 10.1. The van der Waals surface area contributed by atoms with Crippen molar-refractivity contribution in [3.05, 3.63) is 129 Å². The lowest BCUT2D eigenvalue weighted by atomic mass is 10.1. The first-order valence-corrected chi connectivity index (χ1v) is 12.5. The zero-order valence-corrected chi connectivity index (χ0v) is 19.7. The van der Waals surface area contributed by atoms with Crippen LogP contribution in [0.3, 0.4) is 0 Å². The van der Waals surface area contributed by atoms with Crippen LogP contribution < -0.4 is 9.06 Å². The highest BCUT2D eigenvalue weighted by molar-refractivity contribution is 7.09. The number of hydrogen-bond donors (Lipinski definition) is 0. The fourth-order valence-corrected chi connectivity index (χ4v) is 5.76. The summed E-state index contributed by atoms with van der Waals surface area (Å²) in [5.41, 5.74) is 6.08. The molecule has 0 saturated heterocycles. The first kappa shape index (κ1) is 20.1. The molecule has 0 N–H and O–H groups in total. The molecule has 0 aliphatic carbocycles. The van der Waals surface area contributed by atoms with Gasteiger partial charge in [-0.2, -0.15) is 0 Å². The molecule has 2 aromatic heterocycles. The van der Waals surface area contributed by atoms with Crippen LogP contribution >= 0.6 is 11.3 Å². The minimum Gasteiger partial charge on any atom is -0.243 e. The smallest absolute Gasteiger partial charge is 0.108 e. The summed E-state index contributed by atoms with van der Waals surface area (Å²) >= 11 is 1.75. The molecule has 0 fully saturated rings. The van der Waals surface area contributed by atoms with Gasteiger partial charge in [-0.3, -0.25) is 0 Å². The molecule has 0 aliphatic heterocycles. The highest BCUT2D eigenvalue weighted by Crippen LogP contribution is 2.19. The fraction of sp³-hybridized carbons (Fsp3) is 0. The van der Waals surface area contributed by atoms with Crippen LogP contribution in [0.2, 0.25) is 0 Å². The van der Waals surface area contributed by atoms with E-state index < -0.39 is 0 Å². The molecule has 0 spiro atoms. The minimum atomic E-state index is 0.920. The van der Waals surface area contributed by atoms with E-state index in [-0.39, 0.29) is 0 Å². The number of benzene rings is 5. The summed E-state index contributed by atoms with van der Waals surface area (Å²) in [5.74, 6) is 0. The van der Waals surface area contributed by atoms with Gasteiger partial charge in [0.15, 0.2) is 0 Å². The maximum Gasteiger partial charge on any atom is 0.108 e. The van der Waals surface area contributed by atoms with Gasteiger partial charge >= 0.3 is 0 Å². The van der Waals surface area contributed by atoms with Gasteiger partial charge in [0.25, 0.3) is 0 Å². The Morgan fingerprint density at radius 2 is 0.886 bits per heavy atom. The van der Waals surface area contributed by atoms with Gasteiger partial charge in [-0.05, 0) is 69.1 Å². The van der Waals surface area contributed by atoms with Gasteiger partial charge in [-0.15, -0.1) is 11.3 Å². The lowest BCUT2D eigenvalue weighted by Crippen LogP contribution is -1.98. The SMILES string of the molecule is C(/c1ccc2ccccc2c1)=c1/s/c(=C\c2ccc3ccccc3c2)c2nc3ccccc3nc12. The summed E-state index contributed by atoms with van der Waals surface area (Å²) in [6.45, 7) is 0. The topological polar surface area (TPSA) is 25.8 Å². The first-order valence-electron chi connectivity index (χ1n) is 11.7. The average Bonchev–Trinajstić information content (AvgIpc) is 3.22. The van der Waals surface area contributed by atoms with E-state index >= 15 is 0 Å². The van der Waals surface area contributed by atoms with E-state index in [1.807, 2.05) is 24.3 Å². The van der Waals surface area contributed by atoms with Crippen molar-refractivity contribution in [3.63, 3.8) is 0 Å². The summed E-state index contributed by atoms with van der Waals surface area (Å²) in [5, 5.41) is 4.97. The van der Waals surface area contributed by atoms with Crippen molar-refractivity contribution in [2.45, 2.75) is 0 Å². The number of para-hydroxylation sites is 2. The number of rotatable bonds is 2. The Morgan fingerprint density at radius 3 is 1.37 bits per heavy atom. The highest BCUT2D eigenvalue weighted by atomic mass is 32.1. The van der Waals surface area contributed by atoms with Gasteiger partial charge in [0.2, 0.25) is 0 Å². The van der Waals surface area contributed by atoms with Crippen LogP contribution in [0.5, 0.6) is 0 Å². The van der Waals surface area contributed by atoms with E-state index in [4.69, 9.17) is 9.97 Å². The zero-order chi connectivity index (χ0) is 23.2. The third-order valence-electron chi connectivity index (χ3n) is 6.40. The largest absolute Gasteiger partial charge is 0.243 e. The monoisotopic (exact) mass is 464 g/mol. The molecular formula is C32H20N2S. The summed E-state index contributed by atoms with van der Waals surface area (Å²) < 4.78 is 2.25. The second-order valence-electron chi connectivity index (χ2n) is 8.74. The van der Waals surface area contributed by atoms with Crippen molar-refractivity contribution >= 4 is 67.1 Å². The van der Waals surface area contributed by atoms with Crippen molar-refractivity contribution < 1.29 is 0 Å². The molecule has 0 aliphatic rings. The second kappa shape index (κ2) is 8.15. The number of aromatic nitrogens is 2. The third kappa shape index (κ3) is 3.67. The molecule has 0 bridgehead atoms. The van der Waals surface area contributed by atoms with Crippen LogP contribution in [-0.4, -0.2) is 9.97 Å². The van der Waals surface area contributed by atoms with Gasteiger partial charge in [-0.1, -0.05) is 84.9 Å². The molecule has 0 radical (unpaired) electrons. The van der Waals surface area contributed by atoms with Crippen molar-refractivity contribution in [3.8, 4) is 0 Å². The lowest BCUT2D eigenvalue weighted by molar-refractivity contribution is 1.40. The molecule has 0 atom stereocenters. The summed E-state index contributed by atoms with van der Waals surface area (Å²) in [6.07, 6.45) is 4.47. The molecule has 0 amide bonds. The van der Waals surface area contributed by atoms with Gasteiger partial charge in [-0.25, -0.2) is 9.97 Å². The molecule has 3 heteroatoms.